The highest BCUT2D eigenvalue weighted by molar-refractivity contribution is 5.79. The Kier molecular flexibility index (Phi) is 3.92. The summed E-state index contributed by atoms with van der Waals surface area (Å²) < 4.78 is 5.66. The topological polar surface area (TPSA) is 69.7 Å². The van der Waals surface area contributed by atoms with E-state index in [1.165, 1.54) is 5.56 Å². The van der Waals surface area contributed by atoms with Crippen molar-refractivity contribution >= 4 is 10.9 Å². The zero-order valence-corrected chi connectivity index (χ0v) is 18.4. The second-order valence-electron chi connectivity index (χ2n) is 10.0. The van der Waals surface area contributed by atoms with Crippen molar-refractivity contribution in [3.63, 3.8) is 0 Å². The number of aromatic hydroxyl groups is 1. The average molecular weight is 439 g/mol. The molecule has 5 nitrogen and oxygen atoms in total. The number of benzene rings is 2. The lowest BCUT2D eigenvalue weighted by Gasteiger charge is -2.63. The summed E-state index contributed by atoms with van der Waals surface area (Å²) in [5.74, 6) is 1.19. The molecule has 1 saturated heterocycles. The Morgan fingerprint density at radius 1 is 1.03 bits per heavy atom. The van der Waals surface area contributed by atoms with E-state index in [0.717, 1.165) is 52.9 Å². The van der Waals surface area contributed by atoms with E-state index in [2.05, 4.69) is 23.1 Å². The van der Waals surface area contributed by atoms with Crippen LogP contribution in [-0.2, 0) is 31.2 Å². The molecule has 3 aliphatic rings. The fourth-order valence-electron chi connectivity index (χ4n) is 6.89. The smallest absolute Gasteiger partial charge is 0.117 e. The summed E-state index contributed by atoms with van der Waals surface area (Å²) in [4.78, 5) is 7.45. The van der Waals surface area contributed by atoms with Gasteiger partial charge in [0.05, 0.1) is 23.9 Å². The van der Waals surface area contributed by atoms with Gasteiger partial charge in [0.15, 0.2) is 0 Å². The highest BCUT2D eigenvalue weighted by Gasteiger charge is 2.64. The van der Waals surface area contributed by atoms with Gasteiger partial charge in [-0.25, -0.2) is 0 Å². The Hall–Kier alpha value is -3.15. The van der Waals surface area contributed by atoms with Gasteiger partial charge in [0.2, 0.25) is 0 Å². The van der Waals surface area contributed by atoms with Crippen LogP contribution in [0.5, 0.6) is 5.75 Å². The van der Waals surface area contributed by atoms with Crippen molar-refractivity contribution in [2.75, 3.05) is 6.54 Å². The summed E-state index contributed by atoms with van der Waals surface area (Å²) >= 11 is 0. The number of aromatic nitrogens is 1. The van der Waals surface area contributed by atoms with Gasteiger partial charge in [-0.15, -0.1) is 0 Å². The molecule has 2 N–H and O–H groups in total. The molecule has 0 spiro atoms. The average Bonchev–Trinajstić information content (AvgIpc) is 3.32. The number of hydrogen-bond acceptors (Lipinski definition) is 5. The fourth-order valence-corrected chi connectivity index (χ4v) is 6.89. The predicted octanol–water partition coefficient (Wildman–Crippen LogP) is 4.13. The first-order valence-corrected chi connectivity index (χ1v) is 11.7. The molecular weight excluding hydrogens is 412 g/mol. The van der Waals surface area contributed by atoms with E-state index in [0.29, 0.717) is 19.4 Å². The van der Waals surface area contributed by atoms with Crippen LogP contribution < -0.4 is 0 Å². The van der Waals surface area contributed by atoms with Crippen LogP contribution in [0.25, 0.3) is 10.9 Å². The van der Waals surface area contributed by atoms with E-state index in [4.69, 9.17) is 9.40 Å². The quantitative estimate of drug-likeness (QED) is 0.493. The maximum absolute atomic E-state index is 12.6. The molecule has 2 aromatic carbocycles. The molecule has 5 heteroatoms. The number of hydrogen-bond donors (Lipinski definition) is 2. The summed E-state index contributed by atoms with van der Waals surface area (Å²) in [6.45, 7) is 1.55. The largest absolute Gasteiger partial charge is 0.508 e. The number of piperidine rings is 1. The third-order valence-electron chi connectivity index (χ3n) is 8.43. The number of pyridine rings is 1. The van der Waals surface area contributed by atoms with Crippen molar-refractivity contribution in [3.8, 4) is 5.75 Å². The number of nitrogens with zero attached hydrogens (tertiary/aromatic N) is 2. The SMILES string of the molecule is Oc1ccc2c(c1)[C@]13CCN(Cc4ccco4)[C@H](C2)[C@]1(O)Cc1cc2ccccc2nc1C3. The van der Waals surface area contributed by atoms with Gasteiger partial charge >= 0.3 is 0 Å². The van der Waals surface area contributed by atoms with Crippen LogP contribution in [0.3, 0.4) is 0 Å². The minimum atomic E-state index is -0.949. The van der Waals surface area contributed by atoms with Crippen LogP contribution in [0, 0.1) is 0 Å². The summed E-state index contributed by atoms with van der Waals surface area (Å²) in [5.41, 5.74) is 4.11. The number of aliphatic hydroxyl groups is 1. The van der Waals surface area contributed by atoms with E-state index in [9.17, 15) is 10.2 Å². The lowest BCUT2D eigenvalue weighted by atomic mass is 9.49. The van der Waals surface area contributed by atoms with Gasteiger partial charge in [-0.05, 0) is 65.9 Å². The molecule has 1 fully saturated rings. The molecule has 0 amide bonds. The van der Waals surface area contributed by atoms with E-state index < -0.39 is 11.0 Å². The van der Waals surface area contributed by atoms with E-state index in [-0.39, 0.29) is 11.8 Å². The summed E-state index contributed by atoms with van der Waals surface area (Å²) in [5, 5.41) is 24.1. The molecule has 166 valence electrons. The van der Waals surface area contributed by atoms with Crippen LogP contribution in [0.4, 0.5) is 0 Å². The molecule has 2 aliphatic carbocycles. The lowest BCUT2D eigenvalue weighted by molar-refractivity contribution is -0.154. The van der Waals surface area contributed by atoms with Crippen molar-refractivity contribution in [1.82, 2.24) is 9.88 Å². The molecule has 0 saturated carbocycles. The van der Waals surface area contributed by atoms with Gasteiger partial charge in [0, 0.05) is 41.9 Å². The second-order valence-corrected chi connectivity index (χ2v) is 10.0. The van der Waals surface area contributed by atoms with E-state index in [1.54, 1.807) is 12.3 Å². The number of phenols is 1. The molecule has 0 unspecified atom stereocenters. The molecule has 2 aromatic heterocycles. The van der Waals surface area contributed by atoms with Crippen LogP contribution in [0.15, 0.2) is 71.3 Å². The number of rotatable bonds is 2. The van der Waals surface area contributed by atoms with Gasteiger partial charge in [0.1, 0.15) is 11.5 Å². The number of para-hydroxylation sites is 1. The van der Waals surface area contributed by atoms with Crippen LogP contribution in [-0.4, -0.2) is 38.3 Å². The summed E-state index contributed by atoms with van der Waals surface area (Å²) in [6, 6.07) is 20.0. The molecule has 1 aliphatic heterocycles. The van der Waals surface area contributed by atoms with Crippen molar-refractivity contribution in [2.24, 2.45) is 0 Å². The molecule has 3 atom stereocenters. The van der Waals surface area contributed by atoms with Crippen molar-refractivity contribution < 1.29 is 14.6 Å². The van der Waals surface area contributed by atoms with Crippen LogP contribution in [0.1, 0.15) is 34.6 Å². The minimum Gasteiger partial charge on any atom is -0.508 e. The van der Waals surface area contributed by atoms with Gasteiger partial charge < -0.3 is 14.6 Å². The summed E-state index contributed by atoms with van der Waals surface area (Å²) in [7, 11) is 0. The van der Waals surface area contributed by atoms with Crippen LogP contribution in [0.2, 0.25) is 0 Å². The molecular formula is C28H26N2O3. The molecule has 2 bridgehead atoms. The highest BCUT2D eigenvalue weighted by atomic mass is 16.3. The molecule has 33 heavy (non-hydrogen) atoms. The molecule has 7 rings (SSSR count). The first-order valence-electron chi connectivity index (χ1n) is 11.7. The second kappa shape index (κ2) is 6.69. The first-order chi connectivity index (χ1) is 16.1. The minimum absolute atomic E-state index is 0.0342. The van der Waals surface area contributed by atoms with Crippen molar-refractivity contribution in [2.45, 2.75) is 49.3 Å². The Balaban J connectivity index is 1.42. The number of likely N-dealkylation sites (tertiary alicyclic amines) is 1. The molecule has 0 radical (unpaired) electrons. The van der Waals surface area contributed by atoms with Gasteiger partial charge in [-0.2, -0.15) is 0 Å². The zero-order valence-electron chi connectivity index (χ0n) is 18.4. The Morgan fingerprint density at radius 2 is 1.94 bits per heavy atom. The predicted molar refractivity (Wildman–Crippen MR) is 125 cm³/mol. The van der Waals surface area contributed by atoms with E-state index >= 15 is 0 Å². The third-order valence-corrected chi connectivity index (χ3v) is 8.43. The maximum atomic E-state index is 12.6. The third kappa shape index (κ3) is 2.63. The molecule has 3 heterocycles. The van der Waals surface area contributed by atoms with Gasteiger partial charge in [-0.3, -0.25) is 9.88 Å². The van der Waals surface area contributed by atoms with Crippen molar-refractivity contribution in [3.05, 3.63) is 95.1 Å². The van der Waals surface area contributed by atoms with Gasteiger partial charge in [-0.1, -0.05) is 24.3 Å². The number of furan rings is 1. The normalized spacial score (nSPS) is 28.2. The standard InChI is InChI=1S/C28H26N2O3/c31-21-8-7-18-13-26-28(32)15-20-12-19-4-1-2-6-24(19)29-25(20)16-27(28,23(18)14-21)9-10-30(26)17-22-5-3-11-33-22/h1-8,11-12,14,26,31-32H,9-10,13,15-17H2/t26-,27-,28-/m1/s1. The first kappa shape index (κ1) is 19.3. The maximum Gasteiger partial charge on any atom is 0.117 e. The number of fused-ring (bicyclic) bond motifs is 3. The van der Waals surface area contributed by atoms with Crippen LogP contribution >= 0.6 is 0 Å². The highest BCUT2D eigenvalue weighted by Crippen LogP contribution is 2.57. The Bertz CT molecular complexity index is 1380. The fraction of sp³-hybridized carbons (Fsp3) is 0.321. The van der Waals surface area contributed by atoms with E-state index in [1.807, 2.05) is 36.4 Å². The number of phenolic OH excluding ortho intramolecular Hbond substituents is 1. The van der Waals surface area contributed by atoms with Crippen molar-refractivity contribution in [1.29, 1.82) is 0 Å². The van der Waals surface area contributed by atoms with Gasteiger partial charge in [0.25, 0.3) is 0 Å². The monoisotopic (exact) mass is 438 g/mol. The Morgan fingerprint density at radius 3 is 2.82 bits per heavy atom. The molecule has 4 aromatic rings. The summed E-state index contributed by atoms with van der Waals surface area (Å²) in [6.07, 6.45) is 4.53. The Labute approximate surface area is 192 Å². The lowest BCUT2D eigenvalue weighted by Crippen LogP contribution is -2.74. The zero-order chi connectivity index (χ0) is 22.2.